The van der Waals surface area contributed by atoms with Gasteiger partial charge in [0.2, 0.25) is 0 Å². The summed E-state index contributed by atoms with van der Waals surface area (Å²) in [5, 5.41) is 0. The first kappa shape index (κ1) is 24.1. The number of aryl methyl sites for hydroxylation is 2. The molecule has 1 N–H and O–H groups in total. The molecule has 0 spiro atoms. The number of likely N-dealkylation sites (N-methyl/N-ethyl adjacent to an activating group) is 1. The smallest absolute Gasteiger partial charge is 0.262 e. The maximum absolute atomic E-state index is 12.8. The molecule has 0 unspecified atom stereocenters. The Labute approximate surface area is 195 Å². The molecule has 1 amide bonds. The van der Waals surface area contributed by atoms with E-state index >= 15 is 0 Å². The topological polar surface area (TPSA) is 84.9 Å². The van der Waals surface area contributed by atoms with E-state index in [1.807, 2.05) is 25.1 Å². The predicted molar refractivity (Wildman–Crippen MR) is 129 cm³/mol. The van der Waals surface area contributed by atoms with Crippen LogP contribution in [-0.4, -0.2) is 46.5 Å². The van der Waals surface area contributed by atoms with E-state index in [1.165, 1.54) is 0 Å². The van der Waals surface area contributed by atoms with Gasteiger partial charge in [-0.05, 0) is 67.4 Å². The summed E-state index contributed by atoms with van der Waals surface area (Å²) in [7, 11) is -0.474. The Kier molecular flexibility index (Phi) is 7.60. The Hall–Kier alpha value is -3.52. The molecule has 0 aliphatic rings. The molecule has 33 heavy (non-hydrogen) atoms. The third kappa shape index (κ3) is 6.04. The molecule has 8 heteroatoms. The van der Waals surface area contributed by atoms with Gasteiger partial charge in [0.25, 0.3) is 15.9 Å². The van der Waals surface area contributed by atoms with Gasteiger partial charge in [-0.1, -0.05) is 24.3 Å². The fraction of sp³-hybridized carbons (Fsp3) is 0.240. The van der Waals surface area contributed by atoms with Crippen LogP contribution in [0.2, 0.25) is 0 Å². The van der Waals surface area contributed by atoms with Crippen LogP contribution in [0, 0.1) is 13.8 Å². The number of nitrogens with one attached hydrogen (secondary N) is 1. The van der Waals surface area contributed by atoms with Crippen molar-refractivity contribution in [3.05, 3.63) is 83.4 Å². The summed E-state index contributed by atoms with van der Waals surface area (Å²) in [6, 6.07) is 18.9. The zero-order chi connectivity index (χ0) is 24.0. The minimum atomic E-state index is -3.73. The van der Waals surface area contributed by atoms with Crippen LogP contribution in [0.25, 0.3) is 0 Å². The van der Waals surface area contributed by atoms with E-state index in [0.29, 0.717) is 41.5 Å². The summed E-state index contributed by atoms with van der Waals surface area (Å²) in [6.07, 6.45) is 0. The Bertz CT molecular complexity index is 1220. The Morgan fingerprint density at radius 1 is 0.970 bits per heavy atom. The van der Waals surface area contributed by atoms with Crippen molar-refractivity contribution in [3.8, 4) is 11.5 Å². The lowest BCUT2D eigenvalue weighted by Crippen LogP contribution is -2.30. The molecular formula is C25H28N2O5S. The summed E-state index contributed by atoms with van der Waals surface area (Å²) >= 11 is 0. The second-order valence-electron chi connectivity index (χ2n) is 7.68. The number of rotatable bonds is 9. The second kappa shape index (κ2) is 10.4. The van der Waals surface area contributed by atoms with Gasteiger partial charge in [-0.25, -0.2) is 8.42 Å². The zero-order valence-electron chi connectivity index (χ0n) is 19.2. The molecule has 7 nitrogen and oxygen atoms in total. The summed E-state index contributed by atoms with van der Waals surface area (Å²) < 4.78 is 39.1. The standard InChI is InChI=1S/C25H28N2O5S/c1-18-9-10-19(2)24(17-18)33(29,30)26-21-13-11-20(12-14-21)25(28)27(3)15-16-32-23-8-6-5-7-22(23)31-4/h5-14,17,26H,15-16H2,1-4H3. The predicted octanol–water partition coefficient (Wildman–Crippen LogP) is 4.26. The number of ether oxygens (including phenoxy) is 2. The number of amides is 1. The number of methoxy groups -OCH3 is 1. The fourth-order valence-electron chi connectivity index (χ4n) is 3.24. The Balaban J connectivity index is 1.60. The summed E-state index contributed by atoms with van der Waals surface area (Å²) in [6.45, 7) is 4.27. The van der Waals surface area contributed by atoms with E-state index in [1.54, 1.807) is 74.5 Å². The van der Waals surface area contributed by atoms with Gasteiger partial charge in [-0.3, -0.25) is 9.52 Å². The van der Waals surface area contributed by atoms with Crippen LogP contribution in [-0.2, 0) is 10.0 Å². The van der Waals surface area contributed by atoms with Crippen LogP contribution in [0.3, 0.4) is 0 Å². The number of carbonyl (C=O) groups is 1. The highest BCUT2D eigenvalue weighted by molar-refractivity contribution is 7.92. The fourth-order valence-corrected chi connectivity index (χ4v) is 4.63. The van der Waals surface area contributed by atoms with Crippen LogP contribution in [0.4, 0.5) is 5.69 Å². The van der Waals surface area contributed by atoms with E-state index in [-0.39, 0.29) is 10.8 Å². The molecule has 0 aliphatic carbocycles. The van der Waals surface area contributed by atoms with Crippen LogP contribution in [0.5, 0.6) is 11.5 Å². The third-order valence-corrected chi connectivity index (χ3v) is 6.64. The van der Waals surface area contributed by atoms with Crippen LogP contribution in [0.15, 0.2) is 71.6 Å². The van der Waals surface area contributed by atoms with Crippen molar-refractivity contribution in [3.63, 3.8) is 0 Å². The maximum Gasteiger partial charge on any atom is 0.262 e. The second-order valence-corrected chi connectivity index (χ2v) is 9.33. The normalized spacial score (nSPS) is 11.0. The number of para-hydroxylation sites is 2. The van der Waals surface area contributed by atoms with Crippen molar-refractivity contribution < 1.29 is 22.7 Å². The molecule has 0 saturated carbocycles. The minimum Gasteiger partial charge on any atom is -0.493 e. The number of carbonyl (C=O) groups excluding carboxylic acids is 1. The van der Waals surface area contributed by atoms with Gasteiger partial charge in [-0.2, -0.15) is 0 Å². The molecule has 3 rings (SSSR count). The van der Waals surface area contributed by atoms with E-state index in [0.717, 1.165) is 5.56 Å². The monoisotopic (exact) mass is 468 g/mol. The van der Waals surface area contributed by atoms with Gasteiger partial charge in [0, 0.05) is 18.3 Å². The molecular weight excluding hydrogens is 440 g/mol. The van der Waals surface area contributed by atoms with Crippen molar-refractivity contribution in [1.29, 1.82) is 0 Å². The number of nitrogens with zero attached hydrogens (tertiary/aromatic N) is 1. The summed E-state index contributed by atoms with van der Waals surface area (Å²) in [5.41, 5.74) is 2.36. The van der Waals surface area contributed by atoms with Crippen molar-refractivity contribution in [2.75, 3.05) is 32.0 Å². The van der Waals surface area contributed by atoms with E-state index in [2.05, 4.69) is 4.72 Å². The van der Waals surface area contributed by atoms with Gasteiger partial charge < -0.3 is 14.4 Å². The van der Waals surface area contributed by atoms with Crippen molar-refractivity contribution >= 4 is 21.6 Å². The molecule has 0 aromatic heterocycles. The highest BCUT2D eigenvalue weighted by Crippen LogP contribution is 2.25. The SMILES string of the molecule is COc1ccccc1OCCN(C)C(=O)c1ccc(NS(=O)(=O)c2cc(C)ccc2C)cc1. The first-order valence-electron chi connectivity index (χ1n) is 10.4. The van der Waals surface area contributed by atoms with E-state index in [9.17, 15) is 13.2 Å². The average molecular weight is 469 g/mol. The molecule has 0 fully saturated rings. The first-order chi connectivity index (χ1) is 15.7. The number of anilines is 1. The van der Waals surface area contributed by atoms with E-state index in [4.69, 9.17) is 9.47 Å². The molecule has 174 valence electrons. The van der Waals surface area contributed by atoms with Crippen molar-refractivity contribution in [2.45, 2.75) is 18.7 Å². The highest BCUT2D eigenvalue weighted by atomic mass is 32.2. The molecule has 0 radical (unpaired) electrons. The maximum atomic E-state index is 12.8. The molecule has 0 atom stereocenters. The molecule has 0 bridgehead atoms. The Morgan fingerprint density at radius 2 is 1.64 bits per heavy atom. The highest BCUT2D eigenvalue weighted by Gasteiger charge is 2.18. The number of hydrogen-bond acceptors (Lipinski definition) is 5. The van der Waals surface area contributed by atoms with Crippen LogP contribution in [0.1, 0.15) is 21.5 Å². The molecule has 3 aromatic carbocycles. The first-order valence-corrected chi connectivity index (χ1v) is 11.9. The van der Waals surface area contributed by atoms with E-state index < -0.39 is 10.0 Å². The average Bonchev–Trinajstić information content (AvgIpc) is 2.80. The number of hydrogen-bond donors (Lipinski definition) is 1. The van der Waals surface area contributed by atoms with Crippen LogP contribution < -0.4 is 14.2 Å². The number of sulfonamides is 1. The quantitative estimate of drug-likeness (QED) is 0.507. The summed E-state index contributed by atoms with van der Waals surface area (Å²) in [5.74, 6) is 1.05. The van der Waals surface area contributed by atoms with Gasteiger partial charge >= 0.3 is 0 Å². The molecule has 0 saturated heterocycles. The zero-order valence-corrected chi connectivity index (χ0v) is 20.0. The van der Waals surface area contributed by atoms with Gasteiger partial charge in [-0.15, -0.1) is 0 Å². The van der Waals surface area contributed by atoms with Crippen molar-refractivity contribution in [2.24, 2.45) is 0 Å². The number of benzene rings is 3. The van der Waals surface area contributed by atoms with Gasteiger partial charge in [0.05, 0.1) is 18.6 Å². The van der Waals surface area contributed by atoms with Crippen LogP contribution >= 0.6 is 0 Å². The molecule has 0 heterocycles. The van der Waals surface area contributed by atoms with Crippen molar-refractivity contribution in [1.82, 2.24) is 4.90 Å². The largest absolute Gasteiger partial charge is 0.493 e. The third-order valence-electron chi connectivity index (χ3n) is 5.12. The van der Waals surface area contributed by atoms with Gasteiger partial charge in [0.15, 0.2) is 11.5 Å². The lowest BCUT2D eigenvalue weighted by Gasteiger charge is -2.18. The molecule has 3 aromatic rings. The minimum absolute atomic E-state index is 0.192. The summed E-state index contributed by atoms with van der Waals surface area (Å²) in [4.78, 5) is 14.5. The Morgan fingerprint density at radius 3 is 2.30 bits per heavy atom. The lowest BCUT2D eigenvalue weighted by molar-refractivity contribution is 0.0773. The van der Waals surface area contributed by atoms with Gasteiger partial charge in [0.1, 0.15) is 6.61 Å². The lowest BCUT2D eigenvalue weighted by atomic mass is 10.2. The molecule has 0 aliphatic heterocycles.